The van der Waals surface area contributed by atoms with Crippen LogP contribution in [0, 0.1) is 5.82 Å². The minimum Gasteiger partial charge on any atom is -0.493 e. The Labute approximate surface area is 90.0 Å². The van der Waals surface area contributed by atoms with Gasteiger partial charge in [0.2, 0.25) is 0 Å². The predicted octanol–water partition coefficient (Wildman–Crippen LogP) is 3.56. The van der Waals surface area contributed by atoms with Crippen LogP contribution in [-0.2, 0) is 12.6 Å². The number of benzene rings is 1. The maximum absolute atomic E-state index is 13.2. The van der Waals surface area contributed by atoms with Crippen molar-refractivity contribution in [3.05, 3.63) is 29.1 Å². The van der Waals surface area contributed by atoms with Gasteiger partial charge < -0.3 is 4.74 Å². The number of aryl methyl sites for hydroxylation is 1. The lowest BCUT2D eigenvalue weighted by molar-refractivity contribution is -0.140. The number of hydrogen-bond donors (Lipinski definition) is 0. The number of ether oxygens (including phenoxy) is 1. The SMILES string of the molecule is Fc1cc2c(cc1C(F)(F)F)OCCCC2. The molecule has 0 unspecified atom stereocenters. The molecule has 0 saturated heterocycles. The molecule has 0 saturated carbocycles. The Bertz CT molecular complexity index is 398. The smallest absolute Gasteiger partial charge is 0.419 e. The molecule has 1 aromatic rings. The van der Waals surface area contributed by atoms with E-state index in [1.54, 1.807) is 0 Å². The number of hydrogen-bond acceptors (Lipinski definition) is 1. The highest BCUT2D eigenvalue weighted by Gasteiger charge is 2.35. The third-order valence-corrected chi connectivity index (χ3v) is 2.55. The Morgan fingerprint density at radius 3 is 2.56 bits per heavy atom. The molecule has 1 nitrogen and oxygen atoms in total. The molecule has 1 aromatic carbocycles. The first-order valence-electron chi connectivity index (χ1n) is 5.01. The Hall–Kier alpha value is -1.26. The Morgan fingerprint density at radius 2 is 1.88 bits per heavy atom. The summed E-state index contributed by atoms with van der Waals surface area (Å²) in [5, 5.41) is 0. The fourth-order valence-electron chi connectivity index (χ4n) is 1.74. The molecule has 0 amide bonds. The molecule has 0 aliphatic carbocycles. The van der Waals surface area contributed by atoms with Gasteiger partial charge >= 0.3 is 6.18 Å². The van der Waals surface area contributed by atoms with Crippen molar-refractivity contribution >= 4 is 0 Å². The molecule has 0 fully saturated rings. The summed E-state index contributed by atoms with van der Waals surface area (Å²) < 4.78 is 55.7. The molecule has 16 heavy (non-hydrogen) atoms. The normalized spacial score (nSPS) is 16.2. The maximum atomic E-state index is 13.2. The zero-order valence-electron chi connectivity index (χ0n) is 8.40. The molecule has 0 radical (unpaired) electrons. The van der Waals surface area contributed by atoms with E-state index in [0.717, 1.165) is 25.0 Å². The summed E-state index contributed by atoms with van der Waals surface area (Å²) in [6, 6.07) is 1.69. The van der Waals surface area contributed by atoms with Gasteiger partial charge in [0.05, 0.1) is 12.2 Å². The molecule has 0 spiro atoms. The van der Waals surface area contributed by atoms with Gasteiger partial charge in [0, 0.05) is 0 Å². The molecular formula is C11H10F4O. The van der Waals surface area contributed by atoms with E-state index in [2.05, 4.69) is 0 Å². The summed E-state index contributed by atoms with van der Waals surface area (Å²) in [5.41, 5.74) is -0.740. The van der Waals surface area contributed by atoms with E-state index in [-0.39, 0.29) is 5.75 Å². The zero-order chi connectivity index (χ0) is 11.8. The second-order valence-corrected chi connectivity index (χ2v) is 3.74. The van der Waals surface area contributed by atoms with Gasteiger partial charge in [0.1, 0.15) is 11.6 Å². The van der Waals surface area contributed by atoms with E-state index in [4.69, 9.17) is 4.74 Å². The minimum absolute atomic E-state index is 0.159. The predicted molar refractivity (Wildman–Crippen MR) is 49.8 cm³/mol. The van der Waals surface area contributed by atoms with Crippen LogP contribution in [0.5, 0.6) is 5.75 Å². The molecule has 2 rings (SSSR count). The Kier molecular flexibility index (Phi) is 2.78. The van der Waals surface area contributed by atoms with E-state index in [0.29, 0.717) is 18.6 Å². The fourth-order valence-corrected chi connectivity index (χ4v) is 1.74. The van der Waals surface area contributed by atoms with Crippen LogP contribution in [-0.4, -0.2) is 6.61 Å². The van der Waals surface area contributed by atoms with E-state index in [1.807, 2.05) is 0 Å². The monoisotopic (exact) mass is 234 g/mol. The highest BCUT2D eigenvalue weighted by Crippen LogP contribution is 2.36. The summed E-state index contributed by atoms with van der Waals surface area (Å²) >= 11 is 0. The van der Waals surface area contributed by atoms with E-state index in [9.17, 15) is 17.6 Å². The van der Waals surface area contributed by atoms with Crippen molar-refractivity contribution < 1.29 is 22.3 Å². The lowest BCUT2D eigenvalue weighted by Crippen LogP contribution is -2.09. The molecule has 0 atom stereocenters. The van der Waals surface area contributed by atoms with Crippen LogP contribution in [0.1, 0.15) is 24.0 Å². The van der Waals surface area contributed by atoms with Crippen molar-refractivity contribution in [2.45, 2.75) is 25.4 Å². The van der Waals surface area contributed by atoms with Gasteiger partial charge in [-0.1, -0.05) is 0 Å². The first kappa shape index (κ1) is 11.2. The number of fused-ring (bicyclic) bond motifs is 1. The summed E-state index contributed by atoms with van der Waals surface area (Å²) in [5.74, 6) is -1.07. The first-order valence-corrected chi connectivity index (χ1v) is 5.01. The van der Waals surface area contributed by atoms with Crippen LogP contribution in [0.2, 0.25) is 0 Å². The average Bonchev–Trinajstić information content (AvgIpc) is 2.39. The van der Waals surface area contributed by atoms with Crippen molar-refractivity contribution in [2.75, 3.05) is 6.61 Å². The second kappa shape index (κ2) is 3.96. The van der Waals surface area contributed by atoms with Gasteiger partial charge in [-0.15, -0.1) is 0 Å². The molecule has 0 N–H and O–H groups in total. The number of alkyl halides is 3. The lowest BCUT2D eigenvalue weighted by Gasteiger charge is -2.12. The largest absolute Gasteiger partial charge is 0.493 e. The molecule has 5 heteroatoms. The van der Waals surface area contributed by atoms with Crippen molar-refractivity contribution in [3.63, 3.8) is 0 Å². The van der Waals surface area contributed by atoms with Gasteiger partial charge in [-0.3, -0.25) is 0 Å². The fraction of sp³-hybridized carbons (Fsp3) is 0.455. The van der Waals surface area contributed by atoms with Crippen LogP contribution in [0.3, 0.4) is 0 Å². The van der Waals surface area contributed by atoms with Gasteiger partial charge in [-0.25, -0.2) is 4.39 Å². The lowest BCUT2D eigenvalue weighted by atomic mass is 10.0. The number of rotatable bonds is 0. The van der Waals surface area contributed by atoms with E-state index in [1.165, 1.54) is 0 Å². The molecule has 1 heterocycles. The van der Waals surface area contributed by atoms with Crippen LogP contribution < -0.4 is 4.74 Å². The van der Waals surface area contributed by atoms with Crippen molar-refractivity contribution in [3.8, 4) is 5.75 Å². The molecule has 0 aromatic heterocycles. The summed E-state index contributed by atoms with van der Waals surface area (Å²) in [7, 11) is 0. The van der Waals surface area contributed by atoms with Crippen LogP contribution in [0.4, 0.5) is 17.6 Å². The Morgan fingerprint density at radius 1 is 1.12 bits per heavy atom. The van der Waals surface area contributed by atoms with Crippen LogP contribution in [0.15, 0.2) is 12.1 Å². The van der Waals surface area contributed by atoms with Crippen molar-refractivity contribution in [1.82, 2.24) is 0 Å². The highest BCUT2D eigenvalue weighted by molar-refractivity contribution is 5.40. The average molecular weight is 234 g/mol. The summed E-state index contributed by atoms with van der Waals surface area (Å²) in [6.07, 6.45) is -2.53. The summed E-state index contributed by atoms with van der Waals surface area (Å²) in [4.78, 5) is 0. The van der Waals surface area contributed by atoms with Gasteiger partial charge in [-0.05, 0) is 37.0 Å². The molecule has 88 valence electrons. The third kappa shape index (κ3) is 2.13. The third-order valence-electron chi connectivity index (χ3n) is 2.55. The van der Waals surface area contributed by atoms with Crippen LogP contribution >= 0.6 is 0 Å². The second-order valence-electron chi connectivity index (χ2n) is 3.74. The molecule has 0 bridgehead atoms. The van der Waals surface area contributed by atoms with Gasteiger partial charge in [0.15, 0.2) is 0 Å². The Balaban J connectivity index is 2.47. The topological polar surface area (TPSA) is 9.23 Å². The zero-order valence-corrected chi connectivity index (χ0v) is 8.40. The van der Waals surface area contributed by atoms with E-state index < -0.39 is 17.6 Å². The van der Waals surface area contributed by atoms with Gasteiger partial charge in [-0.2, -0.15) is 13.2 Å². The highest BCUT2D eigenvalue weighted by atomic mass is 19.4. The van der Waals surface area contributed by atoms with Crippen LogP contribution in [0.25, 0.3) is 0 Å². The first-order chi connectivity index (χ1) is 7.48. The molecular weight excluding hydrogens is 224 g/mol. The van der Waals surface area contributed by atoms with Gasteiger partial charge in [0.25, 0.3) is 0 Å². The van der Waals surface area contributed by atoms with Crippen molar-refractivity contribution in [1.29, 1.82) is 0 Å². The number of halogens is 4. The standard InChI is InChI=1S/C11H10F4O/c12-9-5-7-3-1-2-4-16-10(7)6-8(9)11(13,14)15/h5-6H,1-4H2. The minimum atomic E-state index is -4.67. The molecule has 1 aliphatic heterocycles. The molecule has 1 aliphatic rings. The quantitative estimate of drug-likeness (QED) is 0.623. The van der Waals surface area contributed by atoms with Crippen molar-refractivity contribution in [2.24, 2.45) is 0 Å². The van der Waals surface area contributed by atoms with E-state index >= 15 is 0 Å². The maximum Gasteiger partial charge on any atom is 0.419 e. The summed E-state index contributed by atoms with van der Waals surface area (Å²) in [6.45, 7) is 0.385.